The van der Waals surface area contributed by atoms with Gasteiger partial charge in [-0.15, -0.1) is 0 Å². The molecule has 0 aromatic rings. The van der Waals surface area contributed by atoms with Crippen LogP contribution in [0.4, 0.5) is 0 Å². The van der Waals surface area contributed by atoms with Gasteiger partial charge in [0.25, 0.3) is 0 Å². The first-order valence-electron chi connectivity index (χ1n) is 21.5. The average molecular weight is 855 g/mol. The first kappa shape index (κ1) is 50.2. The van der Waals surface area contributed by atoms with Crippen LogP contribution in [-0.2, 0) is 19.2 Å². The number of carbonyl (C=O) groups is 4. The summed E-state index contributed by atoms with van der Waals surface area (Å²) in [6.07, 6.45) is -2.60. The lowest BCUT2D eigenvalue weighted by molar-refractivity contribution is -0.318. The molecule has 2 unspecified atom stereocenters. The number of hydrogen-bond acceptors (Lipinski definition) is 12. The molecule has 16 heteroatoms. The van der Waals surface area contributed by atoms with Crippen LogP contribution in [0.1, 0.15) is 169 Å². The molecule has 4 fully saturated rings. The summed E-state index contributed by atoms with van der Waals surface area (Å²) in [7, 11) is 0. The van der Waals surface area contributed by atoms with Gasteiger partial charge in [0.05, 0.1) is 17.3 Å². The van der Waals surface area contributed by atoms with Crippen LogP contribution in [0.25, 0.3) is 0 Å². The van der Waals surface area contributed by atoms with Crippen LogP contribution >= 0.6 is 0 Å². The number of piperidine rings is 4. The fraction of sp³-hybridized carbons (Fsp3) is 0.909. The van der Waals surface area contributed by atoms with Gasteiger partial charge in [-0.3, -0.25) is 19.2 Å². The first-order valence-corrected chi connectivity index (χ1v) is 21.5. The summed E-state index contributed by atoms with van der Waals surface area (Å²) in [4.78, 5) is 60.5. The molecule has 16 nitrogen and oxygen atoms in total. The first-order chi connectivity index (χ1) is 26.6. The normalized spacial score (nSPS) is 29.9. The Labute approximate surface area is 356 Å². The lowest BCUT2D eigenvalue weighted by atomic mass is 9.32. The van der Waals surface area contributed by atoms with E-state index in [-0.39, 0.29) is 51.4 Å². The third-order valence-electron chi connectivity index (χ3n) is 16.0. The number of carboxylic acid groups (broad SMARTS) is 4. The second-order valence-corrected chi connectivity index (χ2v) is 24.3. The van der Waals surface area contributed by atoms with Crippen molar-refractivity contribution in [1.82, 2.24) is 20.3 Å². The van der Waals surface area contributed by atoms with E-state index >= 15 is 14.4 Å². The molecule has 0 radical (unpaired) electrons. The van der Waals surface area contributed by atoms with Crippen LogP contribution in [0.5, 0.6) is 0 Å². The van der Waals surface area contributed by atoms with E-state index < -0.39 is 115 Å². The molecule has 0 saturated carbocycles. The zero-order valence-corrected chi connectivity index (χ0v) is 39.2. The van der Waals surface area contributed by atoms with E-state index in [2.05, 4.69) is 0 Å². The summed E-state index contributed by atoms with van der Waals surface area (Å²) >= 11 is 0. The van der Waals surface area contributed by atoms with Crippen LogP contribution in [0.3, 0.4) is 0 Å². The summed E-state index contributed by atoms with van der Waals surface area (Å²) in [6.45, 7) is 27.2. The number of carboxylic acids is 4. The van der Waals surface area contributed by atoms with Crippen LogP contribution in [-0.4, -0.2) is 130 Å². The second kappa shape index (κ2) is 14.8. The van der Waals surface area contributed by atoms with Crippen LogP contribution < -0.4 is 0 Å². The highest BCUT2D eigenvalue weighted by Gasteiger charge is 2.84. The minimum absolute atomic E-state index is 0.116. The second-order valence-electron chi connectivity index (χ2n) is 24.3. The van der Waals surface area contributed by atoms with Crippen molar-refractivity contribution in [3.63, 3.8) is 0 Å². The molecule has 0 aromatic heterocycles. The van der Waals surface area contributed by atoms with E-state index in [0.29, 0.717) is 0 Å². The smallest absolute Gasteiger partial charge is 0.312 e. The minimum atomic E-state index is -2.98. The van der Waals surface area contributed by atoms with Crippen molar-refractivity contribution >= 4 is 23.9 Å². The highest BCUT2D eigenvalue weighted by atomic mass is 16.5. The molecule has 4 aliphatic heterocycles. The van der Waals surface area contributed by atoms with Crippen LogP contribution in [0.15, 0.2) is 0 Å². The summed E-state index contributed by atoms with van der Waals surface area (Å²) in [5.74, 6) is -11.9. The molecule has 0 amide bonds. The zero-order valence-electron chi connectivity index (χ0n) is 39.2. The molecular weight excluding hydrogens is 776 g/mol. The molecule has 0 aliphatic carbocycles. The summed E-state index contributed by atoms with van der Waals surface area (Å²) in [5.41, 5.74) is -18.3. The van der Waals surface area contributed by atoms with Gasteiger partial charge < -0.3 is 41.3 Å². The zero-order chi connectivity index (χ0) is 46.8. The quantitative estimate of drug-likeness (QED) is 0.102. The van der Waals surface area contributed by atoms with Gasteiger partial charge in [-0.05, 0) is 186 Å². The maximum absolute atomic E-state index is 15.8. The Hall–Kier alpha value is -2.44. The van der Waals surface area contributed by atoms with Crippen molar-refractivity contribution in [2.45, 2.75) is 213 Å². The number of rotatable bonds is 11. The topological polar surface area (TPSA) is 243 Å². The fourth-order valence-corrected chi connectivity index (χ4v) is 14.8. The Morgan fingerprint density at radius 1 is 0.400 bits per heavy atom. The van der Waals surface area contributed by atoms with Crippen LogP contribution in [0, 0.1) is 39.9 Å². The summed E-state index contributed by atoms with van der Waals surface area (Å²) in [5, 5.41) is 100. The van der Waals surface area contributed by atoms with Gasteiger partial charge in [0.15, 0.2) is 0 Å². The van der Waals surface area contributed by atoms with E-state index in [4.69, 9.17) is 0 Å². The molecule has 4 saturated heterocycles. The third kappa shape index (κ3) is 7.30. The molecule has 0 spiro atoms. The van der Waals surface area contributed by atoms with E-state index in [0.717, 1.165) is 20.3 Å². The van der Waals surface area contributed by atoms with E-state index in [1.54, 1.807) is 111 Å². The van der Waals surface area contributed by atoms with Gasteiger partial charge in [-0.2, -0.15) is 20.3 Å². The van der Waals surface area contributed by atoms with Gasteiger partial charge in [-0.1, -0.05) is 0 Å². The largest absolute Gasteiger partial charge is 0.481 e. The van der Waals surface area contributed by atoms with E-state index in [9.17, 15) is 46.0 Å². The highest BCUT2D eigenvalue weighted by Crippen LogP contribution is 2.75. The van der Waals surface area contributed by atoms with Gasteiger partial charge in [-0.25, -0.2) is 0 Å². The number of aliphatic carboxylic acids is 4. The van der Waals surface area contributed by atoms with Gasteiger partial charge in [0.1, 0.15) is 5.41 Å². The lowest BCUT2D eigenvalue weighted by Crippen LogP contribution is -2.79. The predicted octanol–water partition coefficient (Wildman–Crippen LogP) is 7.31. The fourth-order valence-electron chi connectivity index (χ4n) is 14.8. The Morgan fingerprint density at radius 3 is 0.833 bits per heavy atom. The van der Waals surface area contributed by atoms with Gasteiger partial charge >= 0.3 is 23.9 Å². The molecule has 0 aromatic carbocycles. The average Bonchev–Trinajstić information content (AvgIpc) is 3.03. The SMILES string of the molecule is CC1(C)CC(C(CC(=O)O)(C(=O)O)C(C(=O)O)(C2CC(C)(C)N(O)C(C)(C)C2)C(C(=O)O)(C2CC(C)(C)N(O)C(C)(C)C2)C2CC(C)(C)N(O)C(C)(C)C2)CC(C)(C)N1O. The van der Waals surface area contributed by atoms with Gasteiger partial charge in [0.2, 0.25) is 0 Å². The molecular formula is C44H78N4O12. The van der Waals surface area contributed by atoms with Crippen molar-refractivity contribution in [1.29, 1.82) is 0 Å². The van der Waals surface area contributed by atoms with Crippen molar-refractivity contribution in [2.75, 3.05) is 0 Å². The molecule has 8 N–H and O–H groups in total. The van der Waals surface area contributed by atoms with Crippen LogP contribution in [0.2, 0.25) is 0 Å². The van der Waals surface area contributed by atoms with E-state index in [1.807, 2.05) is 0 Å². The van der Waals surface area contributed by atoms with E-state index in [1.165, 1.54) is 0 Å². The molecule has 60 heavy (non-hydrogen) atoms. The number of nitrogens with zero attached hydrogens (tertiary/aromatic N) is 4. The Bertz CT molecular complexity index is 1610. The molecule has 4 heterocycles. The van der Waals surface area contributed by atoms with Crippen molar-refractivity contribution in [2.24, 2.45) is 39.9 Å². The molecule has 2 atom stereocenters. The standard InChI is InChI=1S/C44H78N4O12/c1-34(2)17-26(18-35(3,4)45(34)57)42(31(51)52,25-30(49)50)44(33(55)56,29-23-40(13,14)48(60)41(15,16)24-29)43(32(53)54,27-19-36(5,6)46(58)37(7,8)20-27)28-21-38(9,10)47(59)39(11,12)22-28/h26-29,57-60H,17-25H2,1-16H3,(H,49,50)(H,51,52)(H,53,54)(H,55,56). The molecule has 4 aliphatic rings. The lowest BCUT2D eigenvalue weighted by Gasteiger charge is -2.70. The van der Waals surface area contributed by atoms with Crippen molar-refractivity contribution in [3.8, 4) is 0 Å². The predicted molar refractivity (Wildman–Crippen MR) is 220 cm³/mol. The third-order valence-corrected chi connectivity index (χ3v) is 16.0. The monoisotopic (exact) mass is 855 g/mol. The summed E-state index contributed by atoms with van der Waals surface area (Å²) in [6, 6.07) is 0. The maximum Gasteiger partial charge on any atom is 0.312 e. The minimum Gasteiger partial charge on any atom is -0.481 e. The molecule has 346 valence electrons. The Morgan fingerprint density at radius 2 is 0.633 bits per heavy atom. The van der Waals surface area contributed by atoms with Crippen molar-refractivity contribution < 1.29 is 60.4 Å². The summed E-state index contributed by atoms with van der Waals surface area (Å²) < 4.78 is 0. The maximum atomic E-state index is 15.8. The number of hydroxylamine groups is 8. The molecule has 0 bridgehead atoms. The highest BCUT2D eigenvalue weighted by molar-refractivity contribution is 5.96. The molecule has 4 rings (SSSR count). The Balaban J connectivity index is 2.48. The van der Waals surface area contributed by atoms with Crippen molar-refractivity contribution in [3.05, 3.63) is 0 Å². The number of hydrogen-bond donors (Lipinski definition) is 8. The van der Waals surface area contributed by atoms with Gasteiger partial charge in [0, 0.05) is 44.3 Å². The Kier molecular flexibility index (Phi) is 12.4.